The van der Waals surface area contributed by atoms with E-state index in [1.807, 2.05) is 12.1 Å². The summed E-state index contributed by atoms with van der Waals surface area (Å²) in [7, 11) is 0. The topological polar surface area (TPSA) is 52.9 Å². The number of benzene rings is 1. The minimum atomic E-state index is -0.000300. The maximum atomic E-state index is 9.96. The molecule has 0 radical (unpaired) electrons. The van der Waals surface area contributed by atoms with Crippen LogP contribution in [0, 0.1) is 5.41 Å². The van der Waals surface area contributed by atoms with E-state index in [4.69, 9.17) is 9.84 Å². The molecule has 4 heteroatoms. The number of aliphatic hydroxyl groups excluding tert-OH is 2. The Kier molecular flexibility index (Phi) is 7.28. The summed E-state index contributed by atoms with van der Waals surface area (Å²) in [4.78, 5) is 2.45. The van der Waals surface area contributed by atoms with E-state index in [9.17, 15) is 5.11 Å². The Morgan fingerprint density at radius 3 is 2.62 bits per heavy atom. The van der Waals surface area contributed by atoms with Crippen LogP contribution >= 0.6 is 0 Å². The fourth-order valence-electron chi connectivity index (χ4n) is 3.34. The van der Waals surface area contributed by atoms with Crippen molar-refractivity contribution in [3.63, 3.8) is 0 Å². The fourth-order valence-corrected chi connectivity index (χ4v) is 3.34. The van der Waals surface area contributed by atoms with Crippen molar-refractivity contribution < 1.29 is 14.9 Å². The molecule has 134 valence electrons. The SMILES string of the molecule is CC(C)=CC[C@@]1(CO)CCCN(Cc2ccc(OCCO)cc2)C1. The number of likely N-dealkylation sites (tertiary alicyclic amines) is 1. The normalized spacial score (nSPS) is 21.5. The second kappa shape index (κ2) is 9.21. The number of allylic oxidation sites excluding steroid dienone is 2. The summed E-state index contributed by atoms with van der Waals surface area (Å²) >= 11 is 0. The molecule has 1 fully saturated rings. The second-order valence-corrected chi connectivity index (χ2v) is 7.17. The lowest BCUT2D eigenvalue weighted by atomic mass is 9.77. The quantitative estimate of drug-likeness (QED) is 0.718. The second-order valence-electron chi connectivity index (χ2n) is 7.17. The molecule has 0 unspecified atom stereocenters. The molecule has 0 bridgehead atoms. The summed E-state index contributed by atoms with van der Waals surface area (Å²) < 4.78 is 5.40. The molecule has 2 rings (SSSR count). The van der Waals surface area contributed by atoms with Crippen LogP contribution in [0.5, 0.6) is 5.75 Å². The van der Waals surface area contributed by atoms with E-state index in [2.05, 4.69) is 37.0 Å². The van der Waals surface area contributed by atoms with E-state index in [1.165, 1.54) is 11.1 Å². The van der Waals surface area contributed by atoms with Gasteiger partial charge in [0.15, 0.2) is 0 Å². The van der Waals surface area contributed by atoms with Gasteiger partial charge in [-0.05, 0) is 57.4 Å². The van der Waals surface area contributed by atoms with Crippen molar-refractivity contribution in [3.8, 4) is 5.75 Å². The monoisotopic (exact) mass is 333 g/mol. The smallest absolute Gasteiger partial charge is 0.119 e. The number of ether oxygens (including phenoxy) is 1. The molecule has 0 amide bonds. The lowest BCUT2D eigenvalue weighted by Gasteiger charge is -2.41. The molecular weight excluding hydrogens is 302 g/mol. The Labute approximate surface area is 145 Å². The van der Waals surface area contributed by atoms with Crippen LogP contribution in [-0.4, -0.2) is 48.0 Å². The molecule has 2 N–H and O–H groups in total. The Bertz CT molecular complexity index is 522. The van der Waals surface area contributed by atoms with Crippen molar-refractivity contribution in [1.82, 2.24) is 4.90 Å². The zero-order chi connectivity index (χ0) is 17.4. The summed E-state index contributed by atoms with van der Waals surface area (Å²) in [5, 5.41) is 18.8. The van der Waals surface area contributed by atoms with Gasteiger partial charge in [0.2, 0.25) is 0 Å². The maximum Gasteiger partial charge on any atom is 0.119 e. The van der Waals surface area contributed by atoms with Gasteiger partial charge in [-0.3, -0.25) is 4.90 Å². The summed E-state index contributed by atoms with van der Waals surface area (Å²) in [5.41, 5.74) is 2.57. The highest BCUT2D eigenvalue weighted by Crippen LogP contribution is 2.34. The van der Waals surface area contributed by atoms with Crippen molar-refractivity contribution >= 4 is 0 Å². The van der Waals surface area contributed by atoms with Gasteiger partial charge in [-0.2, -0.15) is 0 Å². The first kappa shape index (κ1) is 19.0. The van der Waals surface area contributed by atoms with E-state index in [1.54, 1.807) is 0 Å². The summed E-state index contributed by atoms with van der Waals surface area (Å²) in [5.74, 6) is 0.791. The molecule has 0 aromatic heterocycles. The molecule has 1 aromatic rings. The largest absolute Gasteiger partial charge is 0.491 e. The molecule has 0 saturated carbocycles. The lowest BCUT2D eigenvalue weighted by molar-refractivity contribution is 0.0307. The van der Waals surface area contributed by atoms with Crippen molar-refractivity contribution in [2.24, 2.45) is 5.41 Å². The predicted octanol–water partition coefficient (Wildman–Crippen LogP) is 2.99. The Hall–Kier alpha value is -1.36. The third kappa shape index (κ3) is 5.62. The van der Waals surface area contributed by atoms with Gasteiger partial charge < -0.3 is 14.9 Å². The van der Waals surface area contributed by atoms with Gasteiger partial charge in [-0.1, -0.05) is 23.8 Å². The molecule has 1 aliphatic heterocycles. The third-order valence-electron chi connectivity index (χ3n) is 4.71. The van der Waals surface area contributed by atoms with Crippen LogP contribution in [0.4, 0.5) is 0 Å². The molecular formula is C20H31NO3. The number of hydrogen-bond donors (Lipinski definition) is 2. The zero-order valence-corrected chi connectivity index (χ0v) is 15.0. The van der Waals surface area contributed by atoms with Crippen molar-refractivity contribution in [3.05, 3.63) is 41.5 Å². The van der Waals surface area contributed by atoms with Gasteiger partial charge >= 0.3 is 0 Å². The van der Waals surface area contributed by atoms with Crippen molar-refractivity contribution in [2.45, 2.75) is 39.7 Å². The van der Waals surface area contributed by atoms with E-state index < -0.39 is 0 Å². The minimum absolute atomic E-state index is 0.000300. The van der Waals surface area contributed by atoms with Crippen LogP contribution in [0.25, 0.3) is 0 Å². The maximum absolute atomic E-state index is 9.96. The average Bonchev–Trinajstić information content (AvgIpc) is 2.60. The molecule has 1 saturated heterocycles. The number of piperidine rings is 1. The first-order chi connectivity index (χ1) is 11.6. The highest BCUT2D eigenvalue weighted by molar-refractivity contribution is 5.27. The van der Waals surface area contributed by atoms with Crippen LogP contribution in [0.1, 0.15) is 38.7 Å². The minimum Gasteiger partial charge on any atom is -0.491 e. The van der Waals surface area contributed by atoms with E-state index in [0.717, 1.165) is 44.6 Å². The van der Waals surface area contributed by atoms with E-state index in [0.29, 0.717) is 6.61 Å². The highest BCUT2D eigenvalue weighted by atomic mass is 16.5. The molecule has 0 spiro atoms. The van der Waals surface area contributed by atoms with Crippen LogP contribution in [0.3, 0.4) is 0 Å². The highest BCUT2D eigenvalue weighted by Gasteiger charge is 2.33. The first-order valence-electron chi connectivity index (χ1n) is 8.86. The number of nitrogens with zero attached hydrogens (tertiary/aromatic N) is 1. The molecule has 1 heterocycles. The number of aliphatic hydroxyl groups is 2. The summed E-state index contributed by atoms with van der Waals surface area (Å²) in [6, 6.07) is 8.07. The Morgan fingerprint density at radius 1 is 1.25 bits per heavy atom. The lowest BCUT2D eigenvalue weighted by Crippen LogP contribution is -2.44. The molecule has 1 aromatic carbocycles. The predicted molar refractivity (Wildman–Crippen MR) is 97.1 cm³/mol. The van der Waals surface area contributed by atoms with Gasteiger partial charge in [-0.15, -0.1) is 0 Å². The van der Waals surface area contributed by atoms with E-state index in [-0.39, 0.29) is 18.6 Å². The standard InChI is InChI=1S/C20H31NO3/c1-17(2)8-10-20(16-23)9-3-11-21(15-20)14-18-4-6-19(7-5-18)24-13-12-22/h4-8,22-23H,3,9-16H2,1-2H3/t20-/m0/s1. The van der Waals surface area contributed by atoms with Crippen LogP contribution in [0.15, 0.2) is 35.9 Å². The number of hydrogen-bond acceptors (Lipinski definition) is 4. The zero-order valence-electron chi connectivity index (χ0n) is 15.0. The Morgan fingerprint density at radius 2 is 2.00 bits per heavy atom. The van der Waals surface area contributed by atoms with E-state index >= 15 is 0 Å². The number of rotatable bonds is 8. The summed E-state index contributed by atoms with van der Waals surface area (Å²) in [6.45, 7) is 7.77. The van der Waals surface area contributed by atoms with Gasteiger partial charge in [-0.25, -0.2) is 0 Å². The molecule has 0 aliphatic carbocycles. The average molecular weight is 333 g/mol. The van der Waals surface area contributed by atoms with Gasteiger partial charge in [0.25, 0.3) is 0 Å². The molecule has 1 aliphatic rings. The first-order valence-corrected chi connectivity index (χ1v) is 8.86. The van der Waals surface area contributed by atoms with Gasteiger partial charge in [0, 0.05) is 18.5 Å². The fraction of sp³-hybridized carbons (Fsp3) is 0.600. The van der Waals surface area contributed by atoms with Crippen LogP contribution in [0.2, 0.25) is 0 Å². The summed E-state index contributed by atoms with van der Waals surface area (Å²) in [6.07, 6.45) is 5.44. The van der Waals surface area contributed by atoms with Crippen molar-refractivity contribution in [1.29, 1.82) is 0 Å². The van der Waals surface area contributed by atoms with Crippen LogP contribution < -0.4 is 4.74 Å². The molecule has 4 nitrogen and oxygen atoms in total. The molecule has 24 heavy (non-hydrogen) atoms. The van der Waals surface area contributed by atoms with Gasteiger partial charge in [0.1, 0.15) is 12.4 Å². The van der Waals surface area contributed by atoms with Crippen molar-refractivity contribution in [2.75, 3.05) is 32.9 Å². The van der Waals surface area contributed by atoms with Gasteiger partial charge in [0.05, 0.1) is 13.2 Å². The Balaban J connectivity index is 1.95. The van der Waals surface area contributed by atoms with Crippen LogP contribution in [-0.2, 0) is 6.54 Å². The molecule has 1 atom stereocenters. The third-order valence-corrected chi connectivity index (χ3v) is 4.71.